The largest absolute Gasteiger partial charge is 0.466 e. The van der Waals surface area contributed by atoms with Crippen molar-refractivity contribution in [2.75, 3.05) is 0 Å². The minimum absolute atomic E-state index is 0.000370. The number of hydrogen-bond donors (Lipinski definition) is 1. The second-order valence-electron chi connectivity index (χ2n) is 6.18. The fourth-order valence-corrected chi connectivity index (χ4v) is 3.40. The van der Waals surface area contributed by atoms with Crippen molar-refractivity contribution < 1.29 is 9.21 Å². The van der Waals surface area contributed by atoms with E-state index in [1.165, 1.54) is 11.3 Å². The molecular weight excluding hydrogens is 272 g/mol. The van der Waals surface area contributed by atoms with Gasteiger partial charge in [0.25, 0.3) is 5.91 Å². The van der Waals surface area contributed by atoms with Gasteiger partial charge in [-0.3, -0.25) is 4.79 Å². The van der Waals surface area contributed by atoms with E-state index >= 15 is 0 Å². The number of carbonyl (C=O) groups is 1. The molecule has 0 spiro atoms. The van der Waals surface area contributed by atoms with Crippen molar-refractivity contribution in [1.82, 2.24) is 10.3 Å². The third kappa shape index (κ3) is 2.50. The molecule has 2 aromatic heterocycles. The van der Waals surface area contributed by atoms with Crippen LogP contribution in [0.5, 0.6) is 0 Å². The van der Waals surface area contributed by atoms with Crippen LogP contribution in [0.25, 0.3) is 0 Å². The maximum absolute atomic E-state index is 12.2. The van der Waals surface area contributed by atoms with Crippen LogP contribution in [0, 0.1) is 12.3 Å². The topological polar surface area (TPSA) is 55.1 Å². The SMILES string of the molecule is Cc1cc2c(o1)CC(C)(C)CC2NC(=O)c1cscn1. The zero-order chi connectivity index (χ0) is 14.3. The van der Waals surface area contributed by atoms with E-state index in [1.54, 1.807) is 10.9 Å². The highest BCUT2D eigenvalue weighted by Crippen LogP contribution is 2.42. The smallest absolute Gasteiger partial charge is 0.271 e. The average Bonchev–Trinajstić information content (AvgIpc) is 2.95. The minimum atomic E-state index is -0.112. The lowest BCUT2D eigenvalue weighted by Gasteiger charge is -2.34. The highest BCUT2D eigenvalue weighted by Gasteiger charge is 2.35. The number of amides is 1. The van der Waals surface area contributed by atoms with E-state index in [4.69, 9.17) is 4.42 Å². The Morgan fingerprint density at radius 1 is 1.55 bits per heavy atom. The molecule has 2 aromatic rings. The summed E-state index contributed by atoms with van der Waals surface area (Å²) in [5.74, 6) is 1.79. The summed E-state index contributed by atoms with van der Waals surface area (Å²) in [6, 6.07) is 2.04. The van der Waals surface area contributed by atoms with Crippen molar-refractivity contribution in [2.45, 2.75) is 39.7 Å². The molecule has 0 fully saturated rings. The quantitative estimate of drug-likeness (QED) is 0.921. The lowest BCUT2D eigenvalue weighted by atomic mass is 9.74. The first-order chi connectivity index (χ1) is 9.44. The number of aryl methyl sites for hydroxylation is 1. The Morgan fingerprint density at radius 2 is 2.35 bits per heavy atom. The maximum atomic E-state index is 12.2. The van der Waals surface area contributed by atoms with E-state index < -0.39 is 0 Å². The fraction of sp³-hybridized carbons (Fsp3) is 0.467. The summed E-state index contributed by atoms with van der Waals surface area (Å²) in [5.41, 5.74) is 3.40. The molecule has 1 unspecified atom stereocenters. The lowest BCUT2D eigenvalue weighted by Crippen LogP contribution is -2.36. The van der Waals surface area contributed by atoms with Crippen molar-refractivity contribution in [3.05, 3.63) is 39.7 Å². The summed E-state index contributed by atoms with van der Waals surface area (Å²) in [6.45, 7) is 6.36. The van der Waals surface area contributed by atoms with E-state index in [9.17, 15) is 4.79 Å². The highest BCUT2D eigenvalue weighted by atomic mass is 32.1. The zero-order valence-electron chi connectivity index (χ0n) is 11.9. The Bertz CT molecular complexity index is 628. The standard InChI is InChI=1S/C15H18N2O2S/c1-9-4-10-11(5-15(2,3)6-13(10)19-9)17-14(18)12-7-20-8-16-12/h4,7-8,11H,5-6H2,1-3H3,(H,17,18). The van der Waals surface area contributed by atoms with Crippen molar-refractivity contribution >= 4 is 17.2 Å². The number of thiazole rings is 1. The number of furan rings is 1. The maximum Gasteiger partial charge on any atom is 0.271 e. The number of hydrogen-bond acceptors (Lipinski definition) is 4. The first-order valence-electron chi connectivity index (χ1n) is 6.73. The predicted octanol–water partition coefficient (Wildman–Crippen LogP) is 3.49. The Morgan fingerprint density at radius 3 is 3.05 bits per heavy atom. The van der Waals surface area contributed by atoms with Crippen molar-refractivity contribution in [3.8, 4) is 0 Å². The van der Waals surface area contributed by atoms with E-state index in [1.807, 2.05) is 13.0 Å². The van der Waals surface area contributed by atoms with Gasteiger partial charge in [-0.25, -0.2) is 4.98 Å². The van der Waals surface area contributed by atoms with Gasteiger partial charge >= 0.3 is 0 Å². The monoisotopic (exact) mass is 290 g/mol. The lowest BCUT2D eigenvalue weighted by molar-refractivity contribution is 0.0913. The molecule has 4 nitrogen and oxygen atoms in total. The normalized spacial score (nSPS) is 20.4. The van der Waals surface area contributed by atoms with E-state index in [2.05, 4.69) is 24.1 Å². The molecule has 0 aromatic carbocycles. The van der Waals surface area contributed by atoms with Crippen LogP contribution in [0.15, 0.2) is 21.4 Å². The molecule has 2 heterocycles. The number of carbonyl (C=O) groups excluding carboxylic acids is 1. The molecule has 0 bridgehead atoms. The van der Waals surface area contributed by atoms with E-state index in [0.717, 1.165) is 29.9 Å². The van der Waals surface area contributed by atoms with Crippen molar-refractivity contribution in [1.29, 1.82) is 0 Å². The van der Waals surface area contributed by atoms with Gasteiger partial charge < -0.3 is 9.73 Å². The van der Waals surface area contributed by atoms with Crippen molar-refractivity contribution in [2.24, 2.45) is 5.41 Å². The van der Waals surface area contributed by atoms with Crippen LogP contribution in [0.2, 0.25) is 0 Å². The second kappa shape index (κ2) is 4.74. The summed E-state index contributed by atoms with van der Waals surface area (Å²) >= 11 is 1.43. The van der Waals surface area contributed by atoms with Gasteiger partial charge in [-0.2, -0.15) is 0 Å². The molecule has 3 rings (SSSR count). The number of nitrogens with zero attached hydrogens (tertiary/aromatic N) is 1. The second-order valence-corrected chi connectivity index (χ2v) is 6.90. The predicted molar refractivity (Wildman–Crippen MR) is 77.9 cm³/mol. The van der Waals surface area contributed by atoms with Crippen LogP contribution in [-0.2, 0) is 6.42 Å². The highest BCUT2D eigenvalue weighted by molar-refractivity contribution is 7.07. The van der Waals surface area contributed by atoms with Crippen LogP contribution in [0.4, 0.5) is 0 Å². The molecule has 1 atom stereocenters. The van der Waals surface area contributed by atoms with Gasteiger partial charge in [0, 0.05) is 17.4 Å². The summed E-state index contributed by atoms with van der Waals surface area (Å²) in [4.78, 5) is 16.3. The van der Waals surface area contributed by atoms with Gasteiger partial charge in [-0.05, 0) is 24.8 Å². The molecule has 20 heavy (non-hydrogen) atoms. The molecule has 0 aliphatic heterocycles. The number of aromatic nitrogens is 1. The van der Waals surface area contributed by atoms with Crippen LogP contribution in [0.3, 0.4) is 0 Å². The van der Waals surface area contributed by atoms with E-state index in [-0.39, 0.29) is 17.4 Å². The van der Waals surface area contributed by atoms with Gasteiger partial charge in [0.15, 0.2) is 0 Å². The molecule has 1 aliphatic carbocycles. The summed E-state index contributed by atoms with van der Waals surface area (Å²) in [6.07, 6.45) is 1.83. The fourth-order valence-electron chi connectivity index (χ4n) is 2.87. The summed E-state index contributed by atoms with van der Waals surface area (Å²) in [7, 11) is 0. The third-order valence-electron chi connectivity index (χ3n) is 3.71. The molecule has 1 amide bonds. The van der Waals surface area contributed by atoms with Gasteiger partial charge in [-0.15, -0.1) is 11.3 Å². The molecule has 0 radical (unpaired) electrons. The average molecular weight is 290 g/mol. The zero-order valence-corrected chi connectivity index (χ0v) is 12.7. The molecule has 5 heteroatoms. The summed E-state index contributed by atoms with van der Waals surface area (Å²) < 4.78 is 5.78. The van der Waals surface area contributed by atoms with Crippen LogP contribution >= 0.6 is 11.3 Å². The van der Waals surface area contributed by atoms with Gasteiger partial charge in [0.1, 0.15) is 17.2 Å². The Balaban J connectivity index is 1.87. The third-order valence-corrected chi connectivity index (χ3v) is 4.29. The number of rotatable bonds is 2. The Labute approximate surface area is 122 Å². The molecule has 1 N–H and O–H groups in total. The molecule has 0 saturated carbocycles. The van der Waals surface area contributed by atoms with Crippen LogP contribution in [-0.4, -0.2) is 10.9 Å². The van der Waals surface area contributed by atoms with Gasteiger partial charge in [0.2, 0.25) is 0 Å². The minimum Gasteiger partial charge on any atom is -0.466 e. The first kappa shape index (κ1) is 13.4. The van der Waals surface area contributed by atoms with Crippen LogP contribution < -0.4 is 5.32 Å². The van der Waals surface area contributed by atoms with Gasteiger partial charge in [-0.1, -0.05) is 13.8 Å². The number of fused-ring (bicyclic) bond motifs is 1. The Kier molecular flexibility index (Phi) is 3.17. The molecule has 0 saturated heterocycles. The van der Waals surface area contributed by atoms with Gasteiger partial charge in [0.05, 0.1) is 11.6 Å². The Hall–Kier alpha value is -1.62. The molecule has 1 aliphatic rings. The number of nitrogens with one attached hydrogen (secondary N) is 1. The van der Waals surface area contributed by atoms with E-state index in [0.29, 0.717) is 5.69 Å². The van der Waals surface area contributed by atoms with Crippen LogP contribution in [0.1, 0.15) is 53.9 Å². The molecule has 106 valence electrons. The first-order valence-corrected chi connectivity index (χ1v) is 7.67. The summed E-state index contributed by atoms with van der Waals surface area (Å²) in [5, 5.41) is 4.86. The van der Waals surface area contributed by atoms with Crippen molar-refractivity contribution in [3.63, 3.8) is 0 Å². The molecular formula is C15H18N2O2S.